The summed E-state index contributed by atoms with van der Waals surface area (Å²) in [6, 6.07) is 2.90. The number of hydrogen-bond donors (Lipinski definition) is 2. The zero-order valence-corrected chi connectivity index (χ0v) is 14.5. The van der Waals surface area contributed by atoms with Crippen molar-refractivity contribution < 1.29 is 4.79 Å². The van der Waals surface area contributed by atoms with Crippen molar-refractivity contribution in [2.75, 3.05) is 5.32 Å². The number of carbonyl (C=O) groups excluding carboxylic acids is 1. The molecule has 0 fully saturated rings. The normalized spacial score (nSPS) is 16.3. The maximum Gasteiger partial charge on any atom is 0.242 e. The summed E-state index contributed by atoms with van der Waals surface area (Å²) in [5.41, 5.74) is 0. The van der Waals surface area contributed by atoms with Gasteiger partial charge in [0.05, 0.1) is 17.1 Å². The van der Waals surface area contributed by atoms with Gasteiger partial charge in [-0.1, -0.05) is 11.6 Å². The van der Waals surface area contributed by atoms with Gasteiger partial charge >= 0.3 is 0 Å². The topological polar surface area (TPSA) is 84.7 Å². The largest absolute Gasteiger partial charge is 0.314 e. The Kier molecular flexibility index (Phi) is 5.11. The zero-order chi connectivity index (χ0) is 17.1. The van der Waals surface area contributed by atoms with Gasteiger partial charge in [-0.25, -0.2) is 4.98 Å². The van der Waals surface area contributed by atoms with E-state index in [1.54, 1.807) is 12.1 Å². The van der Waals surface area contributed by atoms with Crippen LogP contribution >= 0.6 is 11.6 Å². The average Bonchev–Trinajstić information content (AvgIpc) is 3.01. The lowest BCUT2D eigenvalue weighted by atomic mass is 10.1. The number of pyridine rings is 1. The summed E-state index contributed by atoms with van der Waals surface area (Å²) in [6.07, 6.45) is 4.77. The molecule has 8 heteroatoms. The minimum atomic E-state index is -0.394. The van der Waals surface area contributed by atoms with Crippen LogP contribution in [0.5, 0.6) is 0 Å². The van der Waals surface area contributed by atoms with Crippen molar-refractivity contribution >= 4 is 23.3 Å². The van der Waals surface area contributed by atoms with E-state index in [1.807, 2.05) is 13.8 Å². The Morgan fingerprint density at radius 3 is 2.88 bits per heavy atom. The smallest absolute Gasteiger partial charge is 0.242 e. The highest BCUT2D eigenvalue weighted by atomic mass is 35.5. The first-order chi connectivity index (χ1) is 11.5. The first kappa shape index (κ1) is 16.9. The van der Waals surface area contributed by atoms with Crippen LogP contribution in [0, 0.1) is 0 Å². The summed E-state index contributed by atoms with van der Waals surface area (Å²) in [7, 11) is 0. The predicted molar refractivity (Wildman–Crippen MR) is 91.8 cm³/mol. The van der Waals surface area contributed by atoms with Gasteiger partial charge in [0, 0.05) is 19.2 Å². The van der Waals surface area contributed by atoms with Crippen molar-refractivity contribution in [2.45, 2.75) is 51.7 Å². The highest BCUT2D eigenvalue weighted by molar-refractivity contribution is 6.30. The van der Waals surface area contributed by atoms with Gasteiger partial charge in [-0.2, -0.15) is 0 Å². The van der Waals surface area contributed by atoms with E-state index >= 15 is 0 Å². The summed E-state index contributed by atoms with van der Waals surface area (Å²) in [4.78, 5) is 16.4. The number of fused-ring (bicyclic) bond motifs is 1. The molecule has 0 aromatic carbocycles. The molecule has 0 saturated heterocycles. The van der Waals surface area contributed by atoms with E-state index in [0.29, 0.717) is 10.8 Å². The molecule has 1 amide bonds. The Morgan fingerprint density at radius 1 is 1.29 bits per heavy atom. The molecule has 0 unspecified atom stereocenters. The minimum absolute atomic E-state index is 0.0664. The van der Waals surface area contributed by atoms with Crippen LogP contribution in [0.4, 0.5) is 5.82 Å². The number of aromatic nitrogens is 4. The van der Waals surface area contributed by atoms with Gasteiger partial charge < -0.3 is 9.88 Å². The molecule has 0 bridgehead atoms. The quantitative estimate of drug-likeness (QED) is 0.866. The third-order valence-electron chi connectivity index (χ3n) is 4.15. The van der Waals surface area contributed by atoms with Crippen LogP contribution < -0.4 is 10.6 Å². The molecule has 24 heavy (non-hydrogen) atoms. The Morgan fingerprint density at radius 2 is 2.12 bits per heavy atom. The lowest BCUT2D eigenvalue weighted by Gasteiger charge is -2.21. The van der Waals surface area contributed by atoms with E-state index < -0.39 is 6.04 Å². The summed E-state index contributed by atoms with van der Waals surface area (Å²) in [5, 5.41) is 15.1. The van der Waals surface area contributed by atoms with E-state index in [1.165, 1.54) is 6.20 Å². The maximum absolute atomic E-state index is 12.3. The number of nitrogens with zero attached hydrogens (tertiary/aromatic N) is 4. The van der Waals surface area contributed by atoms with E-state index in [-0.39, 0.29) is 11.9 Å². The van der Waals surface area contributed by atoms with Crippen LogP contribution in [0.2, 0.25) is 5.02 Å². The number of nitrogens with one attached hydrogen (secondary N) is 2. The zero-order valence-electron chi connectivity index (χ0n) is 13.8. The molecule has 128 valence electrons. The molecule has 0 saturated carbocycles. The number of anilines is 1. The molecular formula is C16H21ClN6O. The van der Waals surface area contributed by atoms with Crippen molar-refractivity contribution in [3.05, 3.63) is 35.0 Å². The average molecular weight is 349 g/mol. The second kappa shape index (κ2) is 7.27. The molecule has 1 aliphatic heterocycles. The van der Waals surface area contributed by atoms with Crippen molar-refractivity contribution in [1.29, 1.82) is 0 Å². The van der Waals surface area contributed by atoms with Crippen molar-refractivity contribution in [3.8, 4) is 0 Å². The van der Waals surface area contributed by atoms with Crippen LogP contribution in [0.1, 0.15) is 44.4 Å². The van der Waals surface area contributed by atoms with Crippen LogP contribution in [-0.4, -0.2) is 31.7 Å². The number of rotatable bonds is 5. The summed E-state index contributed by atoms with van der Waals surface area (Å²) in [6.45, 7) is 4.75. The Labute approximate surface area is 145 Å². The Balaban J connectivity index is 1.61. The number of halogens is 1. The minimum Gasteiger partial charge on any atom is -0.314 e. The standard InChI is InChI=1S/C16H21ClN6O/c1-10(15-22-21-14-5-3-4-8-23(14)15)19-11(2)16(24)20-13-7-6-12(17)9-18-13/h6-7,9-11,19H,3-5,8H2,1-2H3,(H,18,20,24)/t10-,11-/m1/s1. The van der Waals surface area contributed by atoms with Crippen molar-refractivity contribution in [3.63, 3.8) is 0 Å². The van der Waals surface area contributed by atoms with Gasteiger partial charge in [0.25, 0.3) is 0 Å². The second-order valence-electron chi connectivity index (χ2n) is 6.04. The number of hydrogen-bond acceptors (Lipinski definition) is 5. The highest BCUT2D eigenvalue weighted by Gasteiger charge is 2.23. The number of amides is 1. The van der Waals surface area contributed by atoms with Gasteiger partial charge in [0.1, 0.15) is 17.5 Å². The molecule has 2 atom stereocenters. The summed E-state index contributed by atoms with van der Waals surface area (Å²) < 4.78 is 2.16. The molecular weight excluding hydrogens is 328 g/mol. The third-order valence-corrected chi connectivity index (χ3v) is 4.37. The van der Waals surface area contributed by atoms with Crippen molar-refractivity contribution in [2.24, 2.45) is 0 Å². The predicted octanol–water partition coefficient (Wildman–Crippen LogP) is 2.34. The lowest BCUT2D eigenvalue weighted by molar-refractivity contribution is -0.118. The van der Waals surface area contributed by atoms with Crippen LogP contribution in [0.15, 0.2) is 18.3 Å². The lowest BCUT2D eigenvalue weighted by Crippen LogP contribution is -2.40. The molecule has 2 aromatic heterocycles. The number of aryl methyl sites for hydroxylation is 1. The number of carbonyl (C=O) groups is 1. The van der Waals surface area contributed by atoms with Crippen LogP contribution in [-0.2, 0) is 17.8 Å². The molecule has 1 aliphatic rings. The molecule has 2 aromatic rings. The van der Waals surface area contributed by atoms with Crippen molar-refractivity contribution in [1.82, 2.24) is 25.1 Å². The van der Waals surface area contributed by atoms with Gasteiger partial charge in [0.2, 0.25) is 5.91 Å². The van der Waals surface area contributed by atoms with E-state index in [2.05, 4.69) is 30.4 Å². The summed E-state index contributed by atoms with van der Waals surface area (Å²) >= 11 is 5.79. The SMILES string of the molecule is C[C@@H](N[C@H](C)c1nnc2n1CCCC2)C(=O)Nc1ccc(Cl)cn1. The first-order valence-electron chi connectivity index (χ1n) is 8.15. The molecule has 0 aliphatic carbocycles. The highest BCUT2D eigenvalue weighted by Crippen LogP contribution is 2.19. The van der Waals surface area contributed by atoms with Gasteiger partial charge in [-0.3, -0.25) is 10.1 Å². The monoisotopic (exact) mass is 348 g/mol. The second-order valence-corrected chi connectivity index (χ2v) is 6.48. The molecule has 3 rings (SSSR count). The molecule has 0 spiro atoms. The van der Waals surface area contributed by atoms with E-state index in [9.17, 15) is 4.79 Å². The van der Waals surface area contributed by atoms with Crippen LogP contribution in [0.3, 0.4) is 0 Å². The summed E-state index contributed by atoms with van der Waals surface area (Å²) in [5.74, 6) is 2.24. The first-order valence-corrected chi connectivity index (χ1v) is 8.53. The van der Waals surface area contributed by atoms with Gasteiger partial charge in [-0.05, 0) is 38.8 Å². The molecule has 3 heterocycles. The molecule has 2 N–H and O–H groups in total. The fraction of sp³-hybridized carbons (Fsp3) is 0.500. The van der Waals surface area contributed by atoms with E-state index in [4.69, 9.17) is 11.6 Å². The fourth-order valence-corrected chi connectivity index (χ4v) is 2.97. The fourth-order valence-electron chi connectivity index (χ4n) is 2.86. The molecule has 7 nitrogen and oxygen atoms in total. The Hall–Kier alpha value is -1.99. The van der Waals surface area contributed by atoms with Gasteiger partial charge in [0.15, 0.2) is 0 Å². The van der Waals surface area contributed by atoms with Gasteiger partial charge in [-0.15, -0.1) is 10.2 Å². The van der Waals surface area contributed by atoms with Crippen LogP contribution in [0.25, 0.3) is 0 Å². The third kappa shape index (κ3) is 3.73. The maximum atomic E-state index is 12.3. The Bertz CT molecular complexity index is 714. The molecule has 0 radical (unpaired) electrons. The van der Waals surface area contributed by atoms with E-state index in [0.717, 1.165) is 37.5 Å².